The first-order valence-corrected chi connectivity index (χ1v) is 17.4. The number of carbonyl (C=O) groups is 1. The third kappa shape index (κ3) is 5.65. The van der Waals surface area contributed by atoms with Gasteiger partial charge in [0.1, 0.15) is 24.4 Å². The second kappa shape index (κ2) is 12.4. The first-order valence-electron chi connectivity index (χ1n) is 17.4. The maximum atomic E-state index is 12.0. The Morgan fingerprint density at radius 2 is 1.68 bits per heavy atom. The molecule has 7 nitrogen and oxygen atoms in total. The maximum Gasteiger partial charge on any atom is 0.302 e. The molecule has 4 aliphatic carbocycles. The molecule has 0 unspecified atom stereocenters. The molecule has 11 atom stereocenters. The van der Waals surface area contributed by atoms with Crippen molar-refractivity contribution in [3.63, 3.8) is 0 Å². The van der Waals surface area contributed by atoms with Crippen LogP contribution in [-0.2, 0) is 19.0 Å². The Morgan fingerprint density at radius 1 is 0.955 bits per heavy atom. The molecule has 250 valence electrons. The van der Waals surface area contributed by atoms with Gasteiger partial charge in [0.15, 0.2) is 6.29 Å². The Morgan fingerprint density at radius 3 is 2.36 bits per heavy atom. The average Bonchev–Trinajstić information content (AvgIpc) is 3.22. The van der Waals surface area contributed by atoms with Gasteiger partial charge in [-0.3, -0.25) is 4.79 Å². The number of aliphatic hydroxyl groups is 3. The summed E-state index contributed by atoms with van der Waals surface area (Å²) in [5, 5.41) is 30.7. The lowest BCUT2D eigenvalue weighted by molar-refractivity contribution is -0.274. The molecular weight excluding hydrogens is 556 g/mol. The van der Waals surface area contributed by atoms with E-state index in [0.29, 0.717) is 24.4 Å². The van der Waals surface area contributed by atoms with Crippen LogP contribution in [0.1, 0.15) is 120 Å². The highest BCUT2D eigenvalue weighted by molar-refractivity contribution is 5.66. The molecule has 0 bridgehead atoms. The topological polar surface area (TPSA) is 105 Å². The average molecular weight is 617 g/mol. The van der Waals surface area contributed by atoms with Crippen molar-refractivity contribution in [2.75, 3.05) is 13.2 Å². The summed E-state index contributed by atoms with van der Waals surface area (Å²) in [5.74, 6) is 1.11. The summed E-state index contributed by atoms with van der Waals surface area (Å²) in [6.45, 7) is 18.5. The lowest BCUT2D eigenvalue weighted by atomic mass is 9.43. The predicted octanol–water partition coefficient (Wildman–Crippen LogP) is 6.49. The van der Waals surface area contributed by atoms with Crippen molar-refractivity contribution >= 4 is 5.97 Å². The lowest BCUT2D eigenvalue weighted by Crippen LogP contribution is -2.56. The first-order chi connectivity index (χ1) is 20.6. The van der Waals surface area contributed by atoms with E-state index in [1.165, 1.54) is 12.0 Å². The second-order valence-electron chi connectivity index (χ2n) is 16.5. The van der Waals surface area contributed by atoms with Gasteiger partial charge in [-0.05, 0) is 112 Å². The van der Waals surface area contributed by atoms with E-state index < -0.39 is 24.6 Å². The van der Waals surface area contributed by atoms with Crippen LogP contribution in [0.2, 0.25) is 0 Å². The molecule has 1 heterocycles. The molecule has 1 saturated heterocycles. The van der Waals surface area contributed by atoms with Crippen molar-refractivity contribution in [1.82, 2.24) is 0 Å². The molecule has 7 heteroatoms. The van der Waals surface area contributed by atoms with Crippen molar-refractivity contribution < 1.29 is 34.3 Å². The summed E-state index contributed by atoms with van der Waals surface area (Å²) >= 11 is 0. The summed E-state index contributed by atoms with van der Waals surface area (Å²) in [7, 11) is 0. The van der Waals surface area contributed by atoms with Gasteiger partial charge >= 0.3 is 5.97 Å². The van der Waals surface area contributed by atoms with Gasteiger partial charge in [0, 0.05) is 12.3 Å². The summed E-state index contributed by atoms with van der Waals surface area (Å²) in [5.41, 5.74) is 5.11. The van der Waals surface area contributed by atoms with Gasteiger partial charge in [-0.1, -0.05) is 57.4 Å². The molecule has 0 aromatic rings. The molecule has 0 amide bonds. The van der Waals surface area contributed by atoms with Crippen molar-refractivity contribution in [1.29, 1.82) is 0 Å². The normalized spacial score (nSPS) is 43.8. The lowest BCUT2D eigenvalue weighted by Gasteiger charge is -2.62. The molecule has 44 heavy (non-hydrogen) atoms. The molecule has 0 aromatic heterocycles. The molecule has 1 aliphatic heterocycles. The third-order valence-electron chi connectivity index (χ3n) is 13.7. The van der Waals surface area contributed by atoms with Gasteiger partial charge in [0.25, 0.3) is 0 Å². The summed E-state index contributed by atoms with van der Waals surface area (Å²) in [6, 6.07) is 0. The van der Waals surface area contributed by atoms with Crippen molar-refractivity contribution in [3.8, 4) is 0 Å². The van der Waals surface area contributed by atoms with Crippen LogP contribution in [0.15, 0.2) is 22.8 Å². The van der Waals surface area contributed by atoms with Gasteiger partial charge < -0.3 is 29.5 Å². The van der Waals surface area contributed by atoms with Crippen LogP contribution in [0, 0.1) is 39.4 Å². The van der Waals surface area contributed by atoms with E-state index in [1.54, 1.807) is 18.1 Å². The molecular formula is C37H60O7. The predicted molar refractivity (Wildman–Crippen MR) is 170 cm³/mol. The maximum absolute atomic E-state index is 12.0. The number of hydrogen-bond donors (Lipinski definition) is 3. The molecule has 5 aliphatic rings. The molecule has 2 saturated carbocycles. The van der Waals surface area contributed by atoms with Gasteiger partial charge in [0.2, 0.25) is 0 Å². The second-order valence-corrected chi connectivity index (χ2v) is 16.5. The third-order valence-corrected chi connectivity index (χ3v) is 13.7. The smallest absolute Gasteiger partial charge is 0.302 e. The van der Waals surface area contributed by atoms with E-state index in [0.717, 1.165) is 57.8 Å². The Hall–Kier alpha value is -1.25. The fourth-order valence-corrected chi connectivity index (χ4v) is 11.0. The molecule has 0 radical (unpaired) electrons. The van der Waals surface area contributed by atoms with Gasteiger partial charge in [-0.25, -0.2) is 0 Å². The fourth-order valence-electron chi connectivity index (χ4n) is 11.0. The molecule has 5 rings (SSSR count). The zero-order valence-corrected chi connectivity index (χ0v) is 28.7. The van der Waals surface area contributed by atoms with Crippen LogP contribution in [0.25, 0.3) is 0 Å². The highest BCUT2D eigenvalue weighted by atomic mass is 16.7. The standard InChI is InChI=1S/C37H60O7/c1-22(2)10-9-11-24(20-42-33-32(41)31(40)28(39)21-43-33)25-14-18-37(8)27-12-13-29-34(4,5)30(44-23(3)38)16-17-35(29,6)26(27)15-19-36(25,37)7/h10,24-25,28-33,39-41H,9,11-21H2,1-8H3/t24-,25+,28+,29-,30+,31-,32+,33+,35+,36+,37-/m0/s1. The number of carbonyl (C=O) groups excluding carboxylic acids is 1. The van der Waals surface area contributed by atoms with E-state index in [1.807, 2.05) is 0 Å². The first kappa shape index (κ1) is 34.1. The Bertz CT molecular complexity index is 1140. The number of hydrogen-bond acceptors (Lipinski definition) is 7. The van der Waals surface area contributed by atoms with Crippen LogP contribution in [0.3, 0.4) is 0 Å². The Labute approximate surface area is 265 Å². The fraction of sp³-hybridized carbons (Fsp3) is 0.865. The van der Waals surface area contributed by atoms with Crippen LogP contribution >= 0.6 is 0 Å². The van der Waals surface area contributed by atoms with E-state index in [-0.39, 0.29) is 40.3 Å². The number of esters is 1. The van der Waals surface area contributed by atoms with Crippen molar-refractivity contribution in [2.24, 2.45) is 39.4 Å². The number of rotatable bonds is 8. The molecule has 3 fully saturated rings. The minimum absolute atomic E-state index is 0.0156. The number of fused-ring (bicyclic) bond motifs is 4. The quantitative estimate of drug-likeness (QED) is 0.212. The summed E-state index contributed by atoms with van der Waals surface area (Å²) in [6.07, 6.45) is 8.65. The SMILES string of the molecule is CC(=O)O[C@@H]1CC[C@]2(C)C3=C(CC[C@H]2C1(C)C)[C@]1(C)CC[C@H]([C@@H](CCC=C(C)C)CO[C@@H]2OC[C@@H](O)[C@H](O)[C@H]2O)[C@@]1(C)CC3. The highest BCUT2D eigenvalue weighted by Gasteiger charge is 2.64. The van der Waals surface area contributed by atoms with E-state index in [9.17, 15) is 20.1 Å². The molecule has 0 aromatic carbocycles. The summed E-state index contributed by atoms with van der Waals surface area (Å²) < 4.78 is 17.8. The molecule has 0 spiro atoms. The van der Waals surface area contributed by atoms with Gasteiger partial charge in [-0.2, -0.15) is 0 Å². The zero-order valence-electron chi connectivity index (χ0n) is 28.7. The van der Waals surface area contributed by atoms with Crippen LogP contribution < -0.4 is 0 Å². The van der Waals surface area contributed by atoms with Crippen molar-refractivity contribution in [2.45, 2.75) is 150 Å². The van der Waals surface area contributed by atoms with Gasteiger partial charge in [0.05, 0.1) is 13.2 Å². The van der Waals surface area contributed by atoms with Gasteiger partial charge in [-0.15, -0.1) is 0 Å². The summed E-state index contributed by atoms with van der Waals surface area (Å²) in [4.78, 5) is 12.0. The van der Waals surface area contributed by atoms with Crippen LogP contribution in [0.5, 0.6) is 0 Å². The highest BCUT2D eigenvalue weighted by Crippen LogP contribution is 2.72. The minimum atomic E-state index is -1.26. The zero-order chi connectivity index (χ0) is 32.2. The van der Waals surface area contributed by atoms with E-state index in [4.69, 9.17) is 14.2 Å². The van der Waals surface area contributed by atoms with Crippen LogP contribution in [0.4, 0.5) is 0 Å². The van der Waals surface area contributed by atoms with Crippen LogP contribution in [-0.4, -0.2) is 65.2 Å². The Balaban J connectivity index is 1.40. The largest absolute Gasteiger partial charge is 0.462 e. The number of aliphatic hydroxyl groups excluding tert-OH is 3. The minimum Gasteiger partial charge on any atom is -0.462 e. The monoisotopic (exact) mass is 616 g/mol. The number of ether oxygens (including phenoxy) is 3. The molecule has 3 N–H and O–H groups in total. The number of allylic oxidation sites excluding steroid dienone is 4. The van der Waals surface area contributed by atoms with E-state index >= 15 is 0 Å². The Kier molecular flexibility index (Phi) is 9.61. The van der Waals surface area contributed by atoms with E-state index in [2.05, 4.69) is 54.5 Å². The van der Waals surface area contributed by atoms with Crippen molar-refractivity contribution in [3.05, 3.63) is 22.8 Å².